The topological polar surface area (TPSA) is 18.5 Å². The van der Waals surface area contributed by atoms with Crippen LogP contribution in [0.3, 0.4) is 0 Å². The molecule has 0 heterocycles. The number of halogens is 9. The van der Waals surface area contributed by atoms with Crippen LogP contribution in [0.15, 0.2) is 0 Å². The molecule has 0 aliphatic rings. The second-order valence-electron chi connectivity index (χ2n) is 5.02. The van der Waals surface area contributed by atoms with Gasteiger partial charge >= 0.3 is 23.5 Å². The van der Waals surface area contributed by atoms with Crippen LogP contribution in [0.1, 0.15) is 39.5 Å². The van der Waals surface area contributed by atoms with E-state index in [9.17, 15) is 35.1 Å². The van der Waals surface area contributed by atoms with Crippen molar-refractivity contribution in [3.63, 3.8) is 0 Å². The number of hydrogen-bond acceptors (Lipinski definition) is 2. The molecule has 0 spiro atoms. The average Bonchev–Trinajstić information content (AvgIpc) is 2.31. The Balaban J connectivity index is 4.04. The SMILES string of the molecule is CC(CCCCC(C)OC(F)(F)C(F)(F)Br)OC(F)(F)C(F)F. The first kappa shape index (κ1) is 22.8. The molecule has 0 aromatic rings. The Morgan fingerprint density at radius 3 is 1.57 bits per heavy atom. The molecule has 0 fully saturated rings. The van der Waals surface area contributed by atoms with E-state index in [4.69, 9.17) is 0 Å². The molecule has 0 saturated carbocycles. The number of ether oxygens (including phenoxy) is 2. The largest absolute Gasteiger partial charge is 0.430 e. The van der Waals surface area contributed by atoms with Crippen molar-refractivity contribution in [2.24, 2.45) is 0 Å². The van der Waals surface area contributed by atoms with Crippen molar-refractivity contribution in [3.8, 4) is 0 Å². The lowest BCUT2D eigenvalue weighted by molar-refractivity contribution is -0.327. The van der Waals surface area contributed by atoms with Crippen LogP contribution >= 0.6 is 15.9 Å². The van der Waals surface area contributed by atoms with Crippen LogP contribution < -0.4 is 0 Å². The highest BCUT2D eigenvalue weighted by molar-refractivity contribution is 9.10. The maximum atomic E-state index is 12.9. The molecule has 2 unspecified atom stereocenters. The average molecular weight is 425 g/mol. The highest BCUT2D eigenvalue weighted by atomic mass is 79.9. The maximum absolute atomic E-state index is 12.9. The summed E-state index contributed by atoms with van der Waals surface area (Å²) >= 11 is 1.51. The van der Waals surface area contributed by atoms with Gasteiger partial charge in [0.1, 0.15) is 0 Å². The first-order valence-electron chi connectivity index (χ1n) is 6.65. The molecule has 23 heavy (non-hydrogen) atoms. The lowest BCUT2D eigenvalue weighted by Gasteiger charge is -2.25. The summed E-state index contributed by atoms with van der Waals surface area (Å²) in [6.45, 7) is 2.31. The molecule has 140 valence electrons. The second kappa shape index (κ2) is 8.80. The zero-order valence-corrected chi connectivity index (χ0v) is 13.9. The third kappa shape index (κ3) is 8.48. The van der Waals surface area contributed by atoms with Crippen molar-refractivity contribution in [3.05, 3.63) is 0 Å². The van der Waals surface area contributed by atoms with Gasteiger partial charge in [-0.3, -0.25) is 0 Å². The summed E-state index contributed by atoms with van der Waals surface area (Å²) in [5.74, 6) is 0. The van der Waals surface area contributed by atoms with Crippen LogP contribution in [-0.4, -0.2) is 35.7 Å². The third-order valence-electron chi connectivity index (χ3n) is 2.76. The molecule has 0 aromatic carbocycles. The van der Waals surface area contributed by atoms with Crippen molar-refractivity contribution in [2.45, 2.75) is 75.2 Å². The highest BCUT2D eigenvalue weighted by Crippen LogP contribution is 2.41. The Labute approximate surface area is 136 Å². The molecule has 0 aliphatic carbocycles. The highest BCUT2D eigenvalue weighted by Gasteiger charge is 2.56. The summed E-state index contributed by atoms with van der Waals surface area (Å²) in [7, 11) is 0. The van der Waals surface area contributed by atoms with Gasteiger partial charge in [0.05, 0.1) is 12.2 Å². The monoisotopic (exact) mass is 424 g/mol. The molecule has 0 N–H and O–H groups in total. The van der Waals surface area contributed by atoms with Gasteiger partial charge in [0.15, 0.2) is 0 Å². The molecule has 0 rings (SSSR count). The van der Waals surface area contributed by atoms with Crippen molar-refractivity contribution < 1.29 is 44.6 Å². The molecular formula is C12H17BrF8O2. The first-order valence-corrected chi connectivity index (χ1v) is 7.44. The summed E-state index contributed by atoms with van der Waals surface area (Å²) in [6, 6.07) is 0. The van der Waals surface area contributed by atoms with Gasteiger partial charge in [-0.15, -0.1) is 0 Å². The van der Waals surface area contributed by atoms with Crippen LogP contribution in [0.5, 0.6) is 0 Å². The minimum atomic E-state index is -4.69. The quantitative estimate of drug-likeness (QED) is 0.237. The van der Waals surface area contributed by atoms with Crippen molar-refractivity contribution >= 4 is 15.9 Å². The lowest BCUT2D eigenvalue weighted by atomic mass is 10.1. The third-order valence-corrected chi connectivity index (χ3v) is 3.22. The van der Waals surface area contributed by atoms with Gasteiger partial charge in [-0.05, 0) is 26.7 Å². The van der Waals surface area contributed by atoms with Crippen molar-refractivity contribution in [2.75, 3.05) is 0 Å². The minimum Gasteiger partial charge on any atom is -0.313 e. The summed E-state index contributed by atoms with van der Waals surface area (Å²) in [5, 5.41) is 0. The molecule has 0 radical (unpaired) electrons. The van der Waals surface area contributed by atoms with E-state index in [1.807, 2.05) is 0 Å². The Morgan fingerprint density at radius 1 is 0.826 bits per heavy atom. The van der Waals surface area contributed by atoms with Crippen LogP contribution in [-0.2, 0) is 9.47 Å². The normalized spacial score (nSPS) is 16.7. The molecule has 11 heteroatoms. The molecule has 0 saturated heterocycles. The minimum absolute atomic E-state index is 0.0278. The van der Waals surface area contributed by atoms with Crippen molar-refractivity contribution in [1.82, 2.24) is 0 Å². The van der Waals surface area contributed by atoms with Crippen LogP contribution in [0, 0.1) is 0 Å². The van der Waals surface area contributed by atoms with Gasteiger partial charge in [0.25, 0.3) is 0 Å². The van der Waals surface area contributed by atoms with E-state index >= 15 is 0 Å². The summed E-state index contributed by atoms with van der Waals surface area (Å²) in [4.78, 5) is -4.52. The lowest BCUT2D eigenvalue weighted by Crippen LogP contribution is -2.40. The fourth-order valence-corrected chi connectivity index (χ4v) is 1.71. The number of alkyl halides is 9. The number of rotatable bonds is 11. The Morgan fingerprint density at radius 2 is 1.22 bits per heavy atom. The molecule has 0 aromatic heterocycles. The van der Waals surface area contributed by atoms with Crippen LogP contribution in [0.4, 0.5) is 35.1 Å². The smallest absolute Gasteiger partial charge is 0.313 e. The van der Waals surface area contributed by atoms with Crippen LogP contribution in [0.2, 0.25) is 0 Å². The van der Waals surface area contributed by atoms with Gasteiger partial charge in [0, 0.05) is 15.9 Å². The predicted octanol–water partition coefficient (Wildman–Crippen LogP) is 5.80. The van der Waals surface area contributed by atoms with Crippen molar-refractivity contribution in [1.29, 1.82) is 0 Å². The van der Waals surface area contributed by atoms with Gasteiger partial charge in [-0.25, -0.2) is 8.78 Å². The summed E-state index contributed by atoms with van der Waals surface area (Å²) in [5.41, 5.74) is 0. The van der Waals surface area contributed by atoms with Gasteiger partial charge in [-0.2, -0.15) is 26.3 Å². The fourth-order valence-electron chi connectivity index (χ4n) is 1.62. The standard InChI is InChI=1S/C12H17BrF8O2/c1-7(22-10(16,17)9(14)15)5-3-4-6-8(2)23-12(20,21)11(13,18)19/h7-9H,3-6H2,1-2H3. The van der Waals surface area contributed by atoms with Gasteiger partial charge in [0.2, 0.25) is 0 Å². The van der Waals surface area contributed by atoms with E-state index in [-0.39, 0.29) is 25.7 Å². The van der Waals surface area contributed by atoms with E-state index in [1.54, 1.807) is 0 Å². The Bertz CT molecular complexity index is 348. The van der Waals surface area contributed by atoms with Gasteiger partial charge in [-0.1, -0.05) is 12.8 Å². The Hall–Kier alpha value is -0.160. The molecule has 0 aliphatic heterocycles. The molecule has 2 nitrogen and oxygen atoms in total. The van der Waals surface area contributed by atoms with E-state index < -0.39 is 35.7 Å². The summed E-state index contributed by atoms with van der Waals surface area (Å²) in [6.07, 6.45) is -15.3. The fraction of sp³-hybridized carbons (Fsp3) is 1.00. The number of hydrogen-bond donors (Lipinski definition) is 0. The zero-order valence-electron chi connectivity index (χ0n) is 12.3. The Kier molecular flexibility index (Phi) is 8.73. The molecular weight excluding hydrogens is 408 g/mol. The maximum Gasteiger partial charge on any atom is 0.430 e. The molecule has 0 amide bonds. The predicted molar refractivity (Wildman–Crippen MR) is 69.3 cm³/mol. The zero-order chi connectivity index (χ0) is 18.5. The number of unbranched alkanes of at least 4 members (excludes halogenated alkanes) is 1. The summed E-state index contributed by atoms with van der Waals surface area (Å²) < 4.78 is 107. The molecule has 2 atom stereocenters. The van der Waals surface area contributed by atoms with E-state index in [0.717, 1.165) is 13.8 Å². The van der Waals surface area contributed by atoms with E-state index in [2.05, 4.69) is 9.47 Å². The van der Waals surface area contributed by atoms with Gasteiger partial charge < -0.3 is 9.47 Å². The van der Waals surface area contributed by atoms with E-state index in [0.29, 0.717) is 0 Å². The molecule has 0 bridgehead atoms. The first-order chi connectivity index (χ1) is 10.2. The van der Waals surface area contributed by atoms with Crippen LogP contribution in [0.25, 0.3) is 0 Å². The second-order valence-corrected chi connectivity index (χ2v) is 6.01. The van der Waals surface area contributed by atoms with E-state index in [1.165, 1.54) is 15.9 Å².